The quantitative estimate of drug-likeness (QED) is 0.423. The predicted molar refractivity (Wildman–Crippen MR) is 54.9 cm³/mol. The predicted octanol–water partition coefficient (Wildman–Crippen LogP) is 1.92. The summed E-state index contributed by atoms with van der Waals surface area (Å²) in [6.07, 6.45) is 3.85. The summed E-state index contributed by atoms with van der Waals surface area (Å²) in [7, 11) is 0. The molecular weight excluding hydrogens is 148 g/mol. The van der Waals surface area contributed by atoms with Gasteiger partial charge in [0.2, 0.25) is 0 Å². The van der Waals surface area contributed by atoms with Gasteiger partial charge in [-0.3, -0.25) is 0 Å². The van der Waals surface area contributed by atoms with E-state index in [1.165, 1.54) is 0 Å². The van der Waals surface area contributed by atoms with Gasteiger partial charge in [-0.1, -0.05) is 26.0 Å². The number of hydrogen-bond donors (Lipinski definition) is 0. The van der Waals surface area contributed by atoms with Gasteiger partial charge in [0, 0.05) is 26.2 Å². The summed E-state index contributed by atoms with van der Waals surface area (Å²) in [6, 6.07) is 0. The van der Waals surface area contributed by atoms with Gasteiger partial charge < -0.3 is 0 Å². The summed E-state index contributed by atoms with van der Waals surface area (Å²) >= 11 is 0. The topological polar surface area (TPSA) is 6.48 Å². The van der Waals surface area contributed by atoms with Crippen LogP contribution >= 0.6 is 0 Å². The lowest BCUT2D eigenvalue weighted by Gasteiger charge is -2.31. The highest BCUT2D eigenvalue weighted by atomic mass is 15.6. The molecule has 0 amide bonds. The van der Waals surface area contributed by atoms with Crippen LogP contribution in [0.3, 0.4) is 0 Å². The van der Waals surface area contributed by atoms with E-state index in [-0.39, 0.29) is 0 Å². The summed E-state index contributed by atoms with van der Waals surface area (Å²) in [4.78, 5) is 0. The molecule has 0 saturated carbocycles. The molecule has 70 valence electrons. The van der Waals surface area contributed by atoms with Gasteiger partial charge in [0.25, 0.3) is 0 Å². The fourth-order valence-electron chi connectivity index (χ4n) is 1.19. The van der Waals surface area contributed by atoms with E-state index in [1.807, 2.05) is 12.2 Å². The molecule has 0 heterocycles. The molecule has 0 bridgehead atoms. The molecule has 0 N–H and O–H groups in total. The van der Waals surface area contributed by atoms with Crippen molar-refractivity contribution >= 4 is 0 Å². The number of nitrogens with zero attached hydrogens (tertiary/aromatic N) is 2. The average molecular weight is 168 g/mol. The van der Waals surface area contributed by atoms with Crippen LogP contribution in [0.5, 0.6) is 0 Å². The van der Waals surface area contributed by atoms with Crippen molar-refractivity contribution in [3.63, 3.8) is 0 Å². The Hall–Kier alpha value is -0.600. The molecule has 0 unspecified atom stereocenters. The van der Waals surface area contributed by atoms with Gasteiger partial charge in [-0.25, -0.2) is 10.0 Å². The Labute approximate surface area is 76.1 Å². The van der Waals surface area contributed by atoms with Crippen molar-refractivity contribution in [3.8, 4) is 0 Å². The summed E-state index contributed by atoms with van der Waals surface area (Å²) in [5, 5.41) is 4.52. The lowest BCUT2D eigenvalue weighted by Crippen LogP contribution is -2.42. The molecule has 0 aliphatic heterocycles. The second kappa shape index (κ2) is 7.07. The van der Waals surface area contributed by atoms with Crippen LogP contribution in [0.2, 0.25) is 0 Å². The van der Waals surface area contributed by atoms with Crippen molar-refractivity contribution in [2.75, 3.05) is 26.2 Å². The van der Waals surface area contributed by atoms with Crippen LogP contribution in [0.25, 0.3) is 0 Å². The Balaban J connectivity index is 4.00. The van der Waals surface area contributed by atoms with Crippen LogP contribution in [0.4, 0.5) is 0 Å². The Bertz CT molecular complexity index is 116. The summed E-state index contributed by atoms with van der Waals surface area (Å²) in [5.41, 5.74) is 0. The minimum Gasteiger partial charge on any atom is -0.238 e. The summed E-state index contributed by atoms with van der Waals surface area (Å²) in [5.74, 6) is 0. The molecular formula is C10H20N2. The highest BCUT2D eigenvalue weighted by Crippen LogP contribution is 1.97. The third kappa shape index (κ3) is 3.69. The highest BCUT2D eigenvalue weighted by Gasteiger charge is 2.07. The maximum atomic E-state index is 3.73. The second-order valence-electron chi connectivity index (χ2n) is 2.59. The zero-order valence-electron chi connectivity index (χ0n) is 8.29. The molecule has 0 fully saturated rings. The number of likely N-dealkylation sites (N-methyl/N-ethyl adjacent to an activating group) is 2. The molecule has 0 spiro atoms. The lowest BCUT2D eigenvalue weighted by molar-refractivity contribution is 0.00612. The van der Waals surface area contributed by atoms with Gasteiger partial charge in [-0.05, 0) is 0 Å². The van der Waals surface area contributed by atoms with Gasteiger partial charge in [0.1, 0.15) is 0 Å². The minimum atomic E-state index is 0.915. The third-order valence-corrected chi connectivity index (χ3v) is 1.81. The maximum absolute atomic E-state index is 3.73. The van der Waals surface area contributed by atoms with Crippen LogP contribution in [0, 0.1) is 0 Å². The van der Waals surface area contributed by atoms with E-state index in [9.17, 15) is 0 Å². The van der Waals surface area contributed by atoms with Crippen molar-refractivity contribution in [1.82, 2.24) is 10.0 Å². The van der Waals surface area contributed by atoms with Crippen LogP contribution in [0.15, 0.2) is 25.3 Å². The molecule has 0 aliphatic rings. The van der Waals surface area contributed by atoms with Gasteiger partial charge in [-0.15, -0.1) is 13.2 Å². The molecule has 0 radical (unpaired) electrons. The molecule has 12 heavy (non-hydrogen) atoms. The van der Waals surface area contributed by atoms with E-state index >= 15 is 0 Å². The van der Waals surface area contributed by atoms with E-state index in [4.69, 9.17) is 0 Å². The van der Waals surface area contributed by atoms with Crippen LogP contribution in [-0.2, 0) is 0 Å². The molecule has 0 saturated heterocycles. The molecule has 2 heteroatoms. The van der Waals surface area contributed by atoms with Crippen molar-refractivity contribution in [1.29, 1.82) is 0 Å². The zero-order valence-corrected chi connectivity index (χ0v) is 8.29. The van der Waals surface area contributed by atoms with Crippen LogP contribution in [-0.4, -0.2) is 36.2 Å². The zero-order chi connectivity index (χ0) is 9.40. The molecule has 0 atom stereocenters. The largest absolute Gasteiger partial charge is 0.238 e. The number of rotatable bonds is 7. The Morgan fingerprint density at radius 1 is 0.917 bits per heavy atom. The fourth-order valence-corrected chi connectivity index (χ4v) is 1.19. The van der Waals surface area contributed by atoms with Crippen molar-refractivity contribution in [2.45, 2.75) is 13.8 Å². The third-order valence-electron chi connectivity index (χ3n) is 1.81. The number of hydrogen-bond acceptors (Lipinski definition) is 2. The highest BCUT2D eigenvalue weighted by molar-refractivity contribution is 4.76. The normalized spacial score (nSPS) is 10.7. The second-order valence-corrected chi connectivity index (χ2v) is 2.59. The number of hydrazine groups is 1. The van der Waals surface area contributed by atoms with E-state index < -0.39 is 0 Å². The summed E-state index contributed by atoms with van der Waals surface area (Å²) < 4.78 is 0. The molecule has 0 aromatic heterocycles. The summed E-state index contributed by atoms with van der Waals surface area (Å²) in [6.45, 7) is 15.6. The molecule has 0 rings (SSSR count). The molecule has 2 nitrogen and oxygen atoms in total. The first-order chi connectivity index (χ1) is 5.79. The average Bonchev–Trinajstić information content (AvgIpc) is 2.11. The first kappa shape index (κ1) is 11.4. The Morgan fingerprint density at radius 2 is 1.25 bits per heavy atom. The van der Waals surface area contributed by atoms with E-state index in [1.54, 1.807) is 0 Å². The maximum Gasteiger partial charge on any atom is 0.0311 e. The van der Waals surface area contributed by atoms with Crippen molar-refractivity contribution in [3.05, 3.63) is 25.3 Å². The molecule has 0 aromatic rings. The van der Waals surface area contributed by atoms with Crippen LogP contribution in [0.1, 0.15) is 13.8 Å². The van der Waals surface area contributed by atoms with Crippen molar-refractivity contribution < 1.29 is 0 Å². The van der Waals surface area contributed by atoms with Gasteiger partial charge in [0.15, 0.2) is 0 Å². The van der Waals surface area contributed by atoms with E-state index in [0.29, 0.717) is 0 Å². The fraction of sp³-hybridized carbons (Fsp3) is 0.600. The standard InChI is InChI=1S/C10H20N2/c1-5-9-11(7-3)12(8-4)10-6-2/h5-6H,1-2,7-10H2,3-4H3. The van der Waals surface area contributed by atoms with Gasteiger partial charge >= 0.3 is 0 Å². The van der Waals surface area contributed by atoms with Crippen molar-refractivity contribution in [2.24, 2.45) is 0 Å². The smallest absolute Gasteiger partial charge is 0.0311 e. The van der Waals surface area contributed by atoms with Gasteiger partial charge in [0.05, 0.1) is 0 Å². The van der Waals surface area contributed by atoms with E-state index in [0.717, 1.165) is 26.2 Å². The lowest BCUT2D eigenvalue weighted by atomic mass is 10.5. The van der Waals surface area contributed by atoms with Gasteiger partial charge in [-0.2, -0.15) is 0 Å². The molecule has 0 aliphatic carbocycles. The SMILES string of the molecule is C=CCN(CC)N(CC)CC=C. The monoisotopic (exact) mass is 168 g/mol. The first-order valence-electron chi connectivity index (χ1n) is 4.51. The van der Waals surface area contributed by atoms with E-state index in [2.05, 4.69) is 37.0 Å². The Morgan fingerprint density at radius 3 is 1.42 bits per heavy atom. The molecule has 0 aromatic carbocycles. The minimum absolute atomic E-state index is 0.915. The first-order valence-corrected chi connectivity index (χ1v) is 4.51. The van der Waals surface area contributed by atoms with Crippen LogP contribution < -0.4 is 0 Å². The Kier molecular flexibility index (Phi) is 6.72.